The van der Waals surface area contributed by atoms with E-state index in [2.05, 4.69) is 214 Å². The molecule has 8 nitrogen and oxygen atoms in total. The number of benzene rings is 8. The molecule has 8 heteroatoms. The number of para-hydroxylation sites is 3. The van der Waals surface area contributed by atoms with Gasteiger partial charge in [0, 0.05) is 49.9 Å². The van der Waals surface area contributed by atoms with E-state index < -0.39 is 0 Å². The standard InChI is InChI=1S/C61H38N8/c1-4-15-39(16-5-1)44-35-51(40-17-6-2-7-18-40)65-58(37-44)68-52-23-12-11-22-47(52)49-33-41(27-30-54(49)68)42-26-29-48-46-21-10-13-24-53(46)69(57(48)36-42)61-64-38-63-60(66-61)43-28-31-55-50(34-43)59-56(25-14-32-62-59)67(55)45-19-8-3-9-20-45/h1-38H. The summed E-state index contributed by atoms with van der Waals surface area (Å²) >= 11 is 0. The second-order valence-electron chi connectivity index (χ2n) is 17.4. The summed E-state index contributed by atoms with van der Waals surface area (Å²) in [5, 5.41) is 5.59. The molecule has 69 heavy (non-hydrogen) atoms. The van der Waals surface area contributed by atoms with Crippen molar-refractivity contribution in [1.29, 1.82) is 0 Å². The zero-order valence-corrected chi connectivity index (χ0v) is 37.0. The fraction of sp³-hybridized carbons (Fsp3) is 0. The molecule has 322 valence electrons. The SMILES string of the molecule is c1ccc(-c2cc(-c3ccccc3)nc(-n3c4ccccc4c4cc(-c5ccc6c7ccccc7n(-c7ncnc(-c8ccc9c(c8)c8ncccc8n9-c8ccccc8)n7)c6c5)ccc43)c2)cc1. The maximum atomic E-state index is 5.35. The van der Waals surface area contributed by atoms with Gasteiger partial charge in [0.2, 0.25) is 5.95 Å². The van der Waals surface area contributed by atoms with Gasteiger partial charge in [0.25, 0.3) is 0 Å². The van der Waals surface area contributed by atoms with Crippen LogP contribution in [0.25, 0.3) is 128 Å². The summed E-state index contributed by atoms with van der Waals surface area (Å²) in [5.74, 6) is 2.00. The lowest BCUT2D eigenvalue weighted by Gasteiger charge is -2.13. The fourth-order valence-electron chi connectivity index (χ4n) is 10.3. The molecule has 0 aliphatic rings. The number of nitrogens with zero attached hydrogens (tertiary/aromatic N) is 8. The highest BCUT2D eigenvalue weighted by atomic mass is 15.2. The Balaban J connectivity index is 0.904. The van der Waals surface area contributed by atoms with Gasteiger partial charge in [0.05, 0.1) is 44.3 Å². The molecule has 0 saturated heterocycles. The van der Waals surface area contributed by atoms with Crippen LogP contribution in [0.1, 0.15) is 0 Å². The van der Waals surface area contributed by atoms with Crippen LogP contribution in [0.3, 0.4) is 0 Å². The van der Waals surface area contributed by atoms with Crippen molar-refractivity contribution in [3.8, 4) is 62.4 Å². The number of rotatable bonds is 7. The predicted octanol–water partition coefficient (Wildman–Crippen LogP) is 14.6. The van der Waals surface area contributed by atoms with Crippen molar-refractivity contribution >= 4 is 65.5 Å². The second kappa shape index (κ2) is 15.5. The van der Waals surface area contributed by atoms with E-state index in [0.29, 0.717) is 11.8 Å². The lowest BCUT2D eigenvalue weighted by atomic mass is 10.0. The minimum Gasteiger partial charge on any atom is -0.308 e. The van der Waals surface area contributed by atoms with E-state index in [-0.39, 0.29) is 0 Å². The zero-order valence-electron chi connectivity index (χ0n) is 37.0. The summed E-state index contributed by atoms with van der Waals surface area (Å²) in [4.78, 5) is 25.0. The average Bonchev–Trinajstić information content (AvgIpc) is 4.06. The van der Waals surface area contributed by atoms with Crippen LogP contribution >= 0.6 is 0 Å². The van der Waals surface area contributed by atoms with Crippen molar-refractivity contribution in [2.24, 2.45) is 0 Å². The van der Waals surface area contributed by atoms with Crippen LogP contribution in [-0.2, 0) is 0 Å². The van der Waals surface area contributed by atoms with Gasteiger partial charge < -0.3 is 4.57 Å². The van der Waals surface area contributed by atoms with E-state index in [1.54, 1.807) is 6.33 Å². The maximum Gasteiger partial charge on any atom is 0.238 e. The van der Waals surface area contributed by atoms with Gasteiger partial charge in [0.15, 0.2) is 5.82 Å². The molecule has 0 fully saturated rings. The maximum absolute atomic E-state index is 5.35. The summed E-state index contributed by atoms with van der Waals surface area (Å²) < 4.78 is 6.73. The van der Waals surface area contributed by atoms with E-state index in [1.165, 1.54) is 0 Å². The molecule has 0 radical (unpaired) electrons. The molecule has 0 amide bonds. The molecular weight excluding hydrogens is 845 g/mol. The number of fused-ring (bicyclic) bond motifs is 9. The number of aromatic nitrogens is 8. The zero-order chi connectivity index (χ0) is 45.4. The van der Waals surface area contributed by atoms with Gasteiger partial charge in [-0.15, -0.1) is 0 Å². The van der Waals surface area contributed by atoms with Crippen LogP contribution in [0.15, 0.2) is 231 Å². The molecule has 0 spiro atoms. The molecule has 0 aliphatic carbocycles. The van der Waals surface area contributed by atoms with Gasteiger partial charge >= 0.3 is 0 Å². The normalized spacial score (nSPS) is 11.8. The average molecular weight is 883 g/mol. The first-order valence-electron chi connectivity index (χ1n) is 23.1. The first-order chi connectivity index (χ1) is 34.2. The van der Waals surface area contributed by atoms with Gasteiger partial charge in [-0.2, -0.15) is 4.98 Å². The third-order valence-electron chi connectivity index (χ3n) is 13.4. The minimum atomic E-state index is 0.548. The quantitative estimate of drug-likeness (QED) is 0.159. The highest BCUT2D eigenvalue weighted by Crippen LogP contribution is 2.40. The van der Waals surface area contributed by atoms with E-state index in [9.17, 15) is 0 Å². The van der Waals surface area contributed by atoms with Gasteiger partial charge in [-0.05, 0) is 107 Å². The Bertz CT molecular complexity index is 4250. The third-order valence-corrected chi connectivity index (χ3v) is 13.4. The molecule has 0 atom stereocenters. The largest absolute Gasteiger partial charge is 0.308 e. The van der Waals surface area contributed by atoms with Gasteiger partial charge in [-0.3, -0.25) is 14.1 Å². The Kier molecular flexibility index (Phi) is 8.72. The van der Waals surface area contributed by atoms with Crippen LogP contribution in [0.2, 0.25) is 0 Å². The first-order valence-corrected chi connectivity index (χ1v) is 23.1. The van der Waals surface area contributed by atoms with Gasteiger partial charge in [-0.25, -0.2) is 15.0 Å². The molecule has 0 N–H and O–H groups in total. The van der Waals surface area contributed by atoms with Crippen LogP contribution in [-0.4, -0.2) is 38.6 Å². The topological polar surface area (TPSA) is 79.2 Å². The van der Waals surface area contributed by atoms with E-state index >= 15 is 0 Å². The Hall–Kier alpha value is -9.53. The Morgan fingerprint density at radius 1 is 0.304 bits per heavy atom. The molecule has 14 rings (SSSR count). The van der Waals surface area contributed by atoms with Crippen LogP contribution in [0, 0.1) is 0 Å². The smallest absolute Gasteiger partial charge is 0.238 e. The highest BCUT2D eigenvalue weighted by Gasteiger charge is 2.20. The number of pyridine rings is 2. The number of hydrogen-bond acceptors (Lipinski definition) is 5. The fourth-order valence-corrected chi connectivity index (χ4v) is 10.3. The van der Waals surface area contributed by atoms with Crippen molar-refractivity contribution in [3.05, 3.63) is 231 Å². The lowest BCUT2D eigenvalue weighted by Crippen LogP contribution is -2.03. The summed E-state index contributed by atoms with van der Waals surface area (Å²) in [6.07, 6.45) is 3.47. The van der Waals surface area contributed by atoms with Crippen LogP contribution in [0.4, 0.5) is 0 Å². The Morgan fingerprint density at radius 3 is 1.70 bits per heavy atom. The molecule has 0 bridgehead atoms. The van der Waals surface area contributed by atoms with Gasteiger partial charge in [-0.1, -0.05) is 133 Å². The van der Waals surface area contributed by atoms with Crippen LogP contribution in [0.5, 0.6) is 0 Å². The Labute approximate surface area is 395 Å². The Morgan fingerprint density at radius 2 is 0.899 bits per heavy atom. The minimum absolute atomic E-state index is 0.548. The van der Waals surface area contributed by atoms with Gasteiger partial charge in [0.1, 0.15) is 12.1 Å². The molecule has 0 saturated carbocycles. The van der Waals surface area contributed by atoms with Crippen molar-refractivity contribution in [3.63, 3.8) is 0 Å². The lowest BCUT2D eigenvalue weighted by molar-refractivity contribution is 0.947. The molecule has 6 aromatic heterocycles. The summed E-state index contributed by atoms with van der Waals surface area (Å²) in [6.45, 7) is 0. The molecule has 0 unspecified atom stereocenters. The molecule has 0 aliphatic heterocycles. The molecular formula is C61H38N8. The molecule has 6 heterocycles. The van der Waals surface area contributed by atoms with Crippen molar-refractivity contribution in [1.82, 2.24) is 38.6 Å². The van der Waals surface area contributed by atoms with E-state index in [0.717, 1.165) is 116 Å². The highest BCUT2D eigenvalue weighted by molar-refractivity contribution is 6.13. The first kappa shape index (κ1) is 38.7. The molecule has 14 aromatic rings. The van der Waals surface area contributed by atoms with Crippen LogP contribution < -0.4 is 0 Å². The predicted molar refractivity (Wildman–Crippen MR) is 280 cm³/mol. The van der Waals surface area contributed by atoms with E-state index in [4.69, 9.17) is 24.9 Å². The summed E-state index contributed by atoms with van der Waals surface area (Å²) in [7, 11) is 0. The summed E-state index contributed by atoms with van der Waals surface area (Å²) in [6, 6.07) is 76.9. The van der Waals surface area contributed by atoms with Crippen molar-refractivity contribution in [2.45, 2.75) is 0 Å². The third kappa shape index (κ3) is 6.27. The number of hydrogen-bond donors (Lipinski definition) is 0. The van der Waals surface area contributed by atoms with E-state index in [1.807, 2.05) is 24.4 Å². The molecule has 8 aromatic carbocycles. The monoisotopic (exact) mass is 882 g/mol. The second-order valence-corrected chi connectivity index (χ2v) is 17.4. The van der Waals surface area contributed by atoms with Crippen molar-refractivity contribution < 1.29 is 0 Å². The summed E-state index contributed by atoms with van der Waals surface area (Å²) in [5.41, 5.74) is 15.7. The van der Waals surface area contributed by atoms with Crippen molar-refractivity contribution in [2.75, 3.05) is 0 Å².